The first kappa shape index (κ1) is 10.00. The van der Waals surface area contributed by atoms with E-state index in [1.807, 2.05) is 0 Å². The van der Waals surface area contributed by atoms with Crippen molar-refractivity contribution in [1.82, 2.24) is 5.32 Å². The zero-order chi connectivity index (χ0) is 11.4. The molecule has 4 heteroatoms. The fraction of sp³-hybridized carbons (Fsp3) is 0.750. The van der Waals surface area contributed by atoms with Gasteiger partial charge in [-0.2, -0.15) is 0 Å². The molecule has 0 aliphatic heterocycles. The molecule has 1 amide bonds. The summed E-state index contributed by atoms with van der Waals surface area (Å²) in [6, 6.07) is -0.217. The quantitative estimate of drug-likeness (QED) is 0.693. The van der Waals surface area contributed by atoms with E-state index in [1.165, 1.54) is 6.92 Å². The molecule has 0 aromatic rings. The van der Waals surface area contributed by atoms with E-state index in [2.05, 4.69) is 5.32 Å². The number of rotatable bonds is 1. The molecule has 4 rings (SSSR count). The number of Topliss-reactive ketones (excluding diaryl/α,β-unsaturated/α-hetero) is 2. The van der Waals surface area contributed by atoms with Crippen LogP contribution in [0.2, 0.25) is 0 Å². The van der Waals surface area contributed by atoms with Crippen LogP contribution in [0.5, 0.6) is 0 Å². The third kappa shape index (κ3) is 1.19. The first-order chi connectivity index (χ1) is 7.58. The minimum atomic E-state index is -0.217. The second-order valence-corrected chi connectivity index (χ2v) is 5.34. The first-order valence-electron chi connectivity index (χ1n) is 5.92. The third-order valence-corrected chi connectivity index (χ3v) is 4.42. The van der Waals surface area contributed by atoms with Gasteiger partial charge in [0.05, 0.1) is 0 Å². The summed E-state index contributed by atoms with van der Waals surface area (Å²) in [5, 5.41) is 2.81. The van der Waals surface area contributed by atoms with Crippen molar-refractivity contribution in [3.63, 3.8) is 0 Å². The van der Waals surface area contributed by atoms with Crippen LogP contribution in [-0.4, -0.2) is 23.5 Å². The molecule has 0 spiro atoms. The van der Waals surface area contributed by atoms with Gasteiger partial charge in [0.1, 0.15) is 11.6 Å². The van der Waals surface area contributed by atoms with Gasteiger partial charge in [-0.15, -0.1) is 0 Å². The summed E-state index contributed by atoms with van der Waals surface area (Å²) < 4.78 is 0. The number of hydrogen-bond acceptors (Lipinski definition) is 3. The van der Waals surface area contributed by atoms with E-state index in [1.54, 1.807) is 0 Å². The Kier molecular flexibility index (Phi) is 1.97. The fourth-order valence-electron chi connectivity index (χ4n) is 3.81. The standard InChI is InChI=1S/C12H15NO3/c1-5(14)13-10-8-3-6-2-7(12(8)16)4-9(10)11(6)15/h6-10H,2-4H2,1H3,(H,13,14). The highest BCUT2D eigenvalue weighted by molar-refractivity contribution is 5.97. The summed E-state index contributed by atoms with van der Waals surface area (Å²) in [4.78, 5) is 35.1. The minimum Gasteiger partial charge on any atom is -0.352 e. The Hall–Kier alpha value is -1.19. The van der Waals surface area contributed by atoms with Crippen LogP contribution >= 0.6 is 0 Å². The monoisotopic (exact) mass is 221 g/mol. The van der Waals surface area contributed by atoms with Gasteiger partial charge in [-0.3, -0.25) is 14.4 Å². The van der Waals surface area contributed by atoms with E-state index < -0.39 is 0 Å². The summed E-state index contributed by atoms with van der Waals surface area (Å²) >= 11 is 0. The SMILES string of the molecule is CC(=O)NC1C2CC3CC(CC1C3=O)C2=O. The summed E-state index contributed by atoms with van der Waals surface area (Å²) in [6.07, 6.45) is 2.09. The lowest BCUT2D eigenvalue weighted by molar-refractivity contribution is -0.154. The Labute approximate surface area is 93.8 Å². The van der Waals surface area contributed by atoms with Crippen molar-refractivity contribution in [2.24, 2.45) is 23.7 Å². The molecule has 0 heterocycles. The average Bonchev–Trinajstić information content (AvgIpc) is 2.20. The molecule has 1 N–H and O–H groups in total. The van der Waals surface area contributed by atoms with Crippen molar-refractivity contribution >= 4 is 17.5 Å². The van der Waals surface area contributed by atoms with Crippen LogP contribution in [0.3, 0.4) is 0 Å². The molecule has 0 aromatic carbocycles. The Morgan fingerprint density at radius 1 is 1.06 bits per heavy atom. The molecule has 4 aliphatic carbocycles. The maximum Gasteiger partial charge on any atom is 0.217 e. The maximum atomic E-state index is 12.0. The van der Waals surface area contributed by atoms with Crippen LogP contribution in [0.25, 0.3) is 0 Å². The Balaban J connectivity index is 1.93. The second-order valence-electron chi connectivity index (χ2n) is 5.34. The summed E-state index contributed by atoms with van der Waals surface area (Å²) in [5.41, 5.74) is 0. The lowest BCUT2D eigenvalue weighted by Gasteiger charge is -2.51. The van der Waals surface area contributed by atoms with Crippen LogP contribution in [0.4, 0.5) is 0 Å². The van der Waals surface area contributed by atoms with Gasteiger partial charge >= 0.3 is 0 Å². The van der Waals surface area contributed by atoms with E-state index in [4.69, 9.17) is 0 Å². The van der Waals surface area contributed by atoms with Crippen molar-refractivity contribution in [3.05, 3.63) is 0 Å². The van der Waals surface area contributed by atoms with Crippen molar-refractivity contribution < 1.29 is 14.4 Å². The molecule has 4 nitrogen and oxygen atoms in total. The van der Waals surface area contributed by atoms with Gasteiger partial charge in [0.2, 0.25) is 5.91 Å². The number of carbonyl (C=O) groups excluding carboxylic acids is 3. The predicted octanol–water partition coefficient (Wildman–Crippen LogP) is 0.305. The van der Waals surface area contributed by atoms with Gasteiger partial charge < -0.3 is 5.32 Å². The van der Waals surface area contributed by atoms with Crippen molar-refractivity contribution in [1.29, 1.82) is 0 Å². The smallest absolute Gasteiger partial charge is 0.217 e. The maximum absolute atomic E-state index is 12.0. The van der Waals surface area contributed by atoms with Gasteiger partial charge in [-0.25, -0.2) is 0 Å². The van der Waals surface area contributed by atoms with E-state index in [0.717, 1.165) is 6.42 Å². The lowest BCUT2D eigenvalue weighted by Crippen LogP contribution is -2.63. The third-order valence-electron chi connectivity index (χ3n) is 4.42. The zero-order valence-electron chi connectivity index (χ0n) is 9.23. The number of ketones is 2. The van der Waals surface area contributed by atoms with Gasteiger partial charge in [-0.05, 0) is 19.3 Å². The van der Waals surface area contributed by atoms with E-state index in [-0.39, 0.29) is 47.2 Å². The molecule has 4 fully saturated rings. The van der Waals surface area contributed by atoms with Crippen LogP contribution in [0, 0.1) is 23.7 Å². The summed E-state index contributed by atoms with van der Waals surface area (Å²) in [7, 11) is 0. The molecule has 0 aromatic heterocycles. The molecule has 4 saturated carbocycles. The molecule has 4 aliphatic rings. The molecule has 4 unspecified atom stereocenters. The van der Waals surface area contributed by atoms with Gasteiger partial charge in [0, 0.05) is 36.6 Å². The zero-order valence-corrected chi connectivity index (χ0v) is 9.23. The fourth-order valence-corrected chi connectivity index (χ4v) is 3.81. The van der Waals surface area contributed by atoms with Crippen LogP contribution in [0.1, 0.15) is 26.2 Å². The molecular weight excluding hydrogens is 206 g/mol. The molecule has 86 valence electrons. The molecule has 4 bridgehead atoms. The Bertz CT molecular complexity index is 362. The van der Waals surface area contributed by atoms with Crippen molar-refractivity contribution in [2.45, 2.75) is 32.2 Å². The van der Waals surface area contributed by atoms with E-state index in [0.29, 0.717) is 12.8 Å². The molecule has 0 saturated heterocycles. The lowest BCUT2D eigenvalue weighted by atomic mass is 9.53. The van der Waals surface area contributed by atoms with Crippen LogP contribution < -0.4 is 5.32 Å². The molecule has 16 heavy (non-hydrogen) atoms. The van der Waals surface area contributed by atoms with E-state index >= 15 is 0 Å². The van der Waals surface area contributed by atoms with Crippen molar-refractivity contribution in [2.75, 3.05) is 0 Å². The highest BCUT2D eigenvalue weighted by atomic mass is 16.2. The van der Waals surface area contributed by atoms with Crippen molar-refractivity contribution in [3.8, 4) is 0 Å². The largest absolute Gasteiger partial charge is 0.352 e. The normalized spacial score (nSPS) is 44.9. The molecular formula is C12H15NO3. The van der Waals surface area contributed by atoms with Gasteiger partial charge in [0.15, 0.2) is 0 Å². The molecule has 4 atom stereocenters. The minimum absolute atomic E-state index is 0.0934. The van der Waals surface area contributed by atoms with Gasteiger partial charge in [0.25, 0.3) is 0 Å². The highest BCUT2D eigenvalue weighted by Crippen LogP contribution is 2.50. The molecule has 0 radical (unpaired) electrons. The van der Waals surface area contributed by atoms with Crippen LogP contribution in [-0.2, 0) is 14.4 Å². The number of carbonyl (C=O) groups is 3. The Morgan fingerprint density at radius 3 is 2.00 bits per heavy atom. The number of nitrogens with one attached hydrogen (secondary N) is 1. The number of amides is 1. The highest BCUT2D eigenvalue weighted by Gasteiger charge is 2.57. The average molecular weight is 221 g/mol. The summed E-state index contributed by atoms with van der Waals surface area (Å²) in [5.74, 6) is 0.414. The topological polar surface area (TPSA) is 63.2 Å². The Morgan fingerprint density at radius 2 is 1.56 bits per heavy atom. The van der Waals surface area contributed by atoms with Gasteiger partial charge in [-0.1, -0.05) is 0 Å². The van der Waals surface area contributed by atoms with Crippen LogP contribution in [0.15, 0.2) is 0 Å². The first-order valence-corrected chi connectivity index (χ1v) is 5.92. The second kappa shape index (κ2) is 3.15. The summed E-state index contributed by atoms with van der Waals surface area (Å²) in [6.45, 7) is 1.44. The van der Waals surface area contributed by atoms with E-state index in [9.17, 15) is 14.4 Å². The number of hydrogen-bond donors (Lipinski definition) is 1. The predicted molar refractivity (Wildman–Crippen MR) is 55.4 cm³/mol.